The number of nitrogens with one attached hydrogen (secondary N) is 3. The van der Waals surface area contributed by atoms with E-state index in [9.17, 15) is 9.59 Å². The fourth-order valence-electron chi connectivity index (χ4n) is 3.76. The highest BCUT2D eigenvalue weighted by Crippen LogP contribution is 2.27. The van der Waals surface area contributed by atoms with Crippen molar-refractivity contribution in [3.63, 3.8) is 0 Å². The third-order valence-electron chi connectivity index (χ3n) is 5.46. The largest absolute Gasteiger partial charge is 0.497 e. The van der Waals surface area contributed by atoms with Crippen molar-refractivity contribution in [3.05, 3.63) is 29.8 Å². The van der Waals surface area contributed by atoms with Crippen molar-refractivity contribution in [1.82, 2.24) is 21.1 Å². The first-order valence-corrected chi connectivity index (χ1v) is 9.41. The summed E-state index contributed by atoms with van der Waals surface area (Å²) in [6, 6.07) is 7.97. The first-order valence-electron chi connectivity index (χ1n) is 9.41. The van der Waals surface area contributed by atoms with E-state index in [2.05, 4.69) is 16.2 Å². The molecule has 0 bridgehead atoms. The molecule has 2 unspecified atom stereocenters. The van der Waals surface area contributed by atoms with Gasteiger partial charge in [0.05, 0.1) is 13.7 Å². The van der Waals surface area contributed by atoms with E-state index in [4.69, 9.17) is 9.84 Å². The molecular formula is C19H28N4O4. The summed E-state index contributed by atoms with van der Waals surface area (Å²) in [5.74, 6) is -0.0130. The second-order valence-corrected chi connectivity index (χ2v) is 7.19. The second kappa shape index (κ2) is 8.69. The van der Waals surface area contributed by atoms with E-state index in [1.807, 2.05) is 36.1 Å². The molecule has 2 aliphatic rings. The maximum absolute atomic E-state index is 12.5. The van der Waals surface area contributed by atoms with Crippen LogP contribution in [-0.4, -0.2) is 60.2 Å². The lowest BCUT2D eigenvalue weighted by Gasteiger charge is -2.42. The van der Waals surface area contributed by atoms with Gasteiger partial charge in [-0.3, -0.25) is 14.5 Å². The molecule has 0 radical (unpaired) electrons. The lowest BCUT2D eigenvalue weighted by Crippen LogP contribution is -2.57. The van der Waals surface area contributed by atoms with Crippen molar-refractivity contribution >= 4 is 11.9 Å². The summed E-state index contributed by atoms with van der Waals surface area (Å²) >= 11 is 0. The third kappa shape index (κ3) is 4.77. The highest BCUT2D eigenvalue weighted by atomic mass is 16.5. The average molecular weight is 376 g/mol. The number of hydrogen-bond acceptors (Lipinski definition) is 6. The van der Waals surface area contributed by atoms with Gasteiger partial charge in [-0.2, -0.15) is 0 Å². The molecule has 148 valence electrons. The Morgan fingerprint density at radius 3 is 2.52 bits per heavy atom. The van der Waals surface area contributed by atoms with Gasteiger partial charge in [0.15, 0.2) is 0 Å². The van der Waals surface area contributed by atoms with Crippen molar-refractivity contribution in [3.8, 4) is 5.75 Å². The van der Waals surface area contributed by atoms with E-state index in [1.54, 1.807) is 7.11 Å². The fourth-order valence-corrected chi connectivity index (χ4v) is 3.76. The summed E-state index contributed by atoms with van der Waals surface area (Å²) in [6.45, 7) is 2.72. The Kier molecular flexibility index (Phi) is 6.30. The van der Waals surface area contributed by atoms with Crippen LogP contribution in [0.25, 0.3) is 0 Å². The number of hydrogen-bond donors (Lipinski definition) is 4. The average Bonchev–Trinajstić information content (AvgIpc) is 3.12. The van der Waals surface area contributed by atoms with Crippen LogP contribution in [0, 0.1) is 0 Å². The fraction of sp³-hybridized carbons (Fsp3) is 0.579. The van der Waals surface area contributed by atoms with Crippen molar-refractivity contribution < 1.29 is 19.4 Å². The second-order valence-electron chi connectivity index (χ2n) is 7.19. The molecule has 1 aromatic rings. The number of rotatable bonds is 8. The number of nitrogens with zero attached hydrogens (tertiary/aromatic N) is 1. The Morgan fingerprint density at radius 1 is 1.22 bits per heavy atom. The van der Waals surface area contributed by atoms with E-state index >= 15 is 0 Å². The number of aliphatic carboxylic acids is 1. The highest BCUT2D eigenvalue weighted by Gasteiger charge is 2.37. The quantitative estimate of drug-likeness (QED) is 0.528. The van der Waals surface area contributed by atoms with Crippen molar-refractivity contribution in [2.75, 3.05) is 20.2 Å². The molecule has 4 N–H and O–H groups in total. The standard InChI is InChI=1S/C19H28N4O4/c1-3-23(11-18(24)25)14-8-13(9-14)20-19(26)17-10-16(21-22-17)12-4-6-15(27-2)7-5-12/h4-7,13-14,16-17,21-22H,3,8-11H2,1-2H3,(H,20,26)(H,24,25). The predicted octanol–water partition coefficient (Wildman–Crippen LogP) is 0.657. The van der Waals surface area contributed by atoms with Gasteiger partial charge in [0, 0.05) is 18.1 Å². The Balaban J connectivity index is 1.44. The molecule has 27 heavy (non-hydrogen) atoms. The number of carboxylic acids is 1. The van der Waals surface area contributed by atoms with Crippen molar-refractivity contribution in [2.24, 2.45) is 0 Å². The summed E-state index contributed by atoms with van der Waals surface area (Å²) in [7, 11) is 1.64. The summed E-state index contributed by atoms with van der Waals surface area (Å²) in [5.41, 5.74) is 7.37. The SMILES string of the molecule is CCN(CC(=O)O)C1CC(NC(=O)C2CC(c3ccc(OC)cc3)NN2)C1. The third-order valence-corrected chi connectivity index (χ3v) is 5.46. The number of likely N-dealkylation sites (N-methyl/N-ethyl adjacent to an activating group) is 1. The smallest absolute Gasteiger partial charge is 0.317 e. The molecule has 8 heteroatoms. The van der Waals surface area contributed by atoms with Gasteiger partial charge in [-0.25, -0.2) is 10.9 Å². The zero-order valence-electron chi connectivity index (χ0n) is 15.8. The maximum Gasteiger partial charge on any atom is 0.317 e. The molecule has 0 spiro atoms. The predicted molar refractivity (Wildman–Crippen MR) is 100 cm³/mol. The van der Waals surface area contributed by atoms with Crippen LogP contribution in [-0.2, 0) is 9.59 Å². The number of methoxy groups -OCH3 is 1. The molecule has 1 aromatic carbocycles. The van der Waals surface area contributed by atoms with Crippen LogP contribution in [0.1, 0.15) is 37.8 Å². The lowest BCUT2D eigenvalue weighted by atomic mass is 9.85. The molecule has 8 nitrogen and oxygen atoms in total. The lowest BCUT2D eigenvalue weighted by molar-refractivity contribution is -0.139. The molecule has 1 aliphatic carbocycles. The van der Waals surface area contributed by atoms with Gasteiger partial charge in [-0.1, -0.05) is 19.1 Å². The first kappa shape index (κ1) is 19.6. The number of carbonyl (C=O) groups is 2. The molecule has 1 heterocycles. The van der Waals surface area contributed by atoms with E-state index in [-0.39, 0.29) is 36.6 Å². The number of carbonyl (C=O) groups excluding carboxylic acids is 1. The van der Waals surface area contributed by atoms with E-state index in [0.29, 0.717) is 13.0 Å². The zero-order valence-corrected chi connectivity index (χ0v) is 15.8. The van der Waals surface area contributed by atoms with Crippen LogP contribution in [0.4, 0.5) is 0 Å². The van der Waals surface area contributed by atoms with Crippen LogP contribution in [0.15, 0.2) is 24.3 Å². The van der Waals surface area contributed by atoms with Crippen LogP contribution in [0.5, 0.6) is 5.75 Å². The van der Waals surface area contributed by atoms with E-state index in [1.165, 1.54) is 0 Å². The topological polar surface area (TPSA) is 103 Å². The monoisotopic (exact) mass is 376 g/mol. The van der Waals surface area contributed by atoms with Gasteiger partial charge < -0.3 is 15.2 Å². The Labute approximate surface area is 159 Å². The minimum absolute atomic E-state index is 0.0109. The molecule has 1 amide bonds. The highest BCUT2D eigenvalue weighted by molar-refractivity contribution is 5.82. The summed E-state index contributed by atoms with van der Waals surface area (Å²) in [5, 5.41) is 12.0. The van der Waals surface area contributed by atoms with E-state index in [0.717, 1.165) is 24.2 Å². The van der Waals surface area contributed by atoms with Crippen molar-refractivity contribution in [2.45, 2.75) is 50.4 Å². The van der Waals surface area contributed by atoms with Gasteiger partial charge in [-0.15, -0.1) is 0 Å². The summed E-state index contributed by atoms with van der Waals surface area (Å²) in [6.07, 6.45) is 2.28. The van der Waals surface area contributed by atoms with Crippen LogP contribution >= 0.6 is 0 Å². The molecule has 1 saturated carbocycles. The van der Waals surface area contributed by atoms with Crippen LogP contribution in [0.3, 0.4) is 0 Å². The minimum Gasteiger partial charge on any atom is -0.497 e. The molecule has 2 atom stereocenters. The molecular weight excluding hydrogens is 348 g/mol. The first-order chi connectivity index (χ1) is 13.0. The molecule has 2 fully saturated rings. The van der Waals surface area contributed by atoms with Crippen LogP contribution in [0.2, 0.25) is 0 Å². The molecule has 0 aromatic heterocycles. The summed E-state index contributed by atoms with van der Waals surface area (Å²) in [4.78, 5) is 25.3. The molecule has 1 aliphatic heterocycles. The maximum atomic E-state index is 12.5. The number of hydrazine groups is 1. The van der Waals surface area contributed by atoms with Gasteiger partial charge in [0.25, 0.3) is 0 Å². The van der Waals surface area contributed by atoms with Gasteiger partial charge in [0.1, 0.15) is 11.8 Å². The zero-order chi connectivity index (χ0) is 19.4. The minimum atomic E-state index is -0.810. The number of amides is 1. The van der Waals surface area contributed by atoms with Gasteiger partial charge in [0.2, 0.25) is 5.91 Å². The Morgan fingerprint density at radius 2 is 1.93 bits per heavy atom. The van der Waals surface area contributed by atoms with E-state index < -0.39 is 5.97 Å². The number of ether oxygens (including phenoxy) is 1. The van der Waals surface area contributed by atoms with Crippen molar-refractivity contribution in [1.29, 1.82) is 0 Å². The number of benzene rings is 1. The normalized spacial score (nSPS) is 27.2. The summed E-state index contributed by atoms with van der Waals surface area (Å²) < 4.78 is 5.17. The molecule has 3 rings (SSSR count). The number of carboxylic acid groups (broad SMARTS) is 1. The van der Waals surface area contributed by atoms with Gasteiger partial charge in [-0.05, 0) is 43.5 Å². The van der Waals surface area contributed by atoms with Gasteiger partial charge >= 0.3 is 5.97 Å². The van der Waals surface area contributed by atoms with Crippen LogP contribution < -0.4 is 20.9 Å². The Hall–Kier alpha value is -2.16. The molecule has 1 saturated heterocycles. The Bertz CT molecular complexity index is 660.